The van der Waals surface area contributed by atoms with Crippen LogP contribution in [0.15, 0.2) is 35.0 Å². The van der Waals surface area contributed by atoms with E-state index in [1.165, 1.54) is 11.3 Å². The van der Waals surface area contributed by atoms with Gasteiger partial charge in [0.2, 0.25) is 0 Å². The monoisotopic (exact) mass is 282 g/mol. The van der Waals surface area contributed by atoms with E-state index in [-0.39, 0.29) is 18.0 Å². The van der Waals surface area contributed by atoms with Crippen molar-refractivity contribution in [2.45, 2.75) is 6.04 Å². The lowest BCUT2D eigenvalue weighted by Gasteiger charge is -2.16. The van der Waals surface area contributed by atoms with Gasteiger partial charge in [-0.1, -0.05) is 0 Å². The first kappa shape index (κ1) is 13.4. The number of nitrogens with one attached hydrogen (secondary N) is 1. The lowest BCUT2D eigenvalue weighted by atomic mass is 10.1. The number of nitrogens with zero attached hydrogens (tertiary/aromatic N) is 1. The molecule has 100 valence electrons. The SMILES string of the molecule is O=[N+]([O-])c1ccc(F)cc1NC(CO)c1ccsc1. The van der Waals surface area contributed by atoms with Crippen molar-refractivity contribution in [1.29, 1.82) is 0 Å². The van der Waals surface area contributed by atoms with E-state index < -0.39 is 16.8 Å². The van der Waals surface area contributed by atoms with Crippen LogP contribution >= 0.6 is 11.3 Å². The highest BCUT2D eigenvalue weighted by atomic mass is 32.1. The maximum absolute atomic E-state index is 13.2. The Morgan fingerprint density at radius 2 is 2.26 bits per heavy atom. The number of thiophene rings is 1. The average molecular weight is 282 g/mol. The van der Waals surface area contributed by atoms with Gasteiger partial charge in [-0.3, -0.25) is 10.1 Å². The predicted molar refractivity (Wildman–Crippen MR) is 70.8 cm³/mol. The first-order chi connectivity index (χ1) is 9.11. The smallest absolute Gasteiger partial charge is 0.292 e. The van der Waals surface area contributed by atoms with Crippen LogP contribution in [0, 0.1) is 15.9 Å². The Kier molecular flexibility index (Phi) is 4.08. The number of nitro benzene ring substituents is 1. The maximum Gasteiger partial charge on any atom is 0.292 e. The van der Waals surface area contributed by atoms with Crippen LogP contribution in [-0.2, 0) is 0 Å². The molecule has 0 spiro atoms. The summed E-state index contributed by atoms with van der Waals surface area (Å²) in [6.07, 6.45) is 0. The fraction of sp³-hybridized carbons (Fsp3) is 0.167. The van der Waals surface area contributed by atoms with Crippen LogP contribution in [0.1, 0.15) is 11.6 Å². The van der Waals surface area contributed by atoms with Crippen molar-refractivity contribution in [1.82, 2.24) is 0 Å². The third kappa shape index (κ3) is 3.07. The topological polar surface area (TPSA) is 75.4 Å². The minimum atomic E-state index is -0.593. The summed E-state index contributed by atoms with van der Waals surface area (Å²) < 4.78 is 13.2. The van der Waals surface area contributed by atoms with Crippen LogP contribution in [0.4, 0.5) is 15.8 Å². The second-order valence-electron chi connectivity index (χ2n) is 3.85. The van der Waals surface area contributed by atoms with Gasteiger partial charge in [-0.2, -0.15) is 11.3 Å². The number of hydrogen-bond acceptors (Lipinski definition) is 5. The molecule has 0 aliphatic carbocycles. The van der Waals surface area contributed by atoms with Crippen molar-refractivity contribution in [2.24, 2.45) is 0 Å². The lowest BCUT2D eigenvalue weighted by Crippen LogP contribution is -2.15. The predicted octanol–water partition coefficient (Wildman–Crippen LogP) is 2.94. The summed E-state index contributed by atoms with van der Waals surface area (Å²) in [7, 11) is 0. The fourth-order valence-electron chi connectivity index (χ4n) is 1.68. The van der Waals surface area contributed by atoms with Gasteiger partial charge in [0.25, 0.3) is 5.69 Å². The van der Waals surface area contributed by atoms with E-state index in [0.717, 1.165) is 23.8 Å². The summed E-state index contributed by atoms with van der Waals surface area (Å²) in [5, 5.41) is 26.7. The maximum atomic E-state index is 13.2. The summed E-state index contributed by atoms with van der Waals surface area (Å²) in [5.74, 6) is -0.574. The highest BCUT2D eigenvalue weighted by Crippen LogP contribution is 2.29. The third-order valence-electron chi connectivity index (χ3n) is 2.61. The van der Waals surface area contributed by atoms with Crippen molar-refractivity contribution in [2.75, 3.05) is 11.9 Å². The van der Waals surface area contributed by atoms with Gasteiger partial charge in [0.15, 0.2) is 0 Å². The van der Waals surface area contributed by atoms with E-state index in [2.05, 4.69) is 5.32 Å². The minimum Gasteiger partial charge on any atom is -0.394 e. The van der Waals surface area contributed by atoms with E-state index >= 15 is 0 Å². The van der Waals surface area contributed by atoms with E-state index in [1.807, 2.05) is 10.8 Å². The van der Waals surface area contributed by atoms with Crippen LogP contribution in [0.5, 0.6) is 0 Å². The number of anilines is 1. The van der Waals surface area contributed by atoms with Gasteiger partial charge in [-0.25, -0.2) is 4.39 Å². The fourth-order valence-corrected chi connectivity index (χ4v) is 2.39. The molecule has 2 aromatic rings. The summed E-state index contributed by atoms with van der Waals surface area (Å²) >= 11 is 1.45. The molecule has 1 heterocycles. The van der Waals surface area contributed by atoms with Crippen LogP contribution in [0.2, 0.25) is 0 Å². The molecule has 2 rings (SSSR count). The second kappa shape index (κ2) is 5.77. The third-order valence-corrected chi connectivity index (χ3v) is 3.31. The van der Waals surface area contributed by atoms with Crippen LogP contribution < -0.4 is 5.32 Å². The van der Waals surface area contributed by atoms with Gasteiger partial charge in [-0.05, 0) is 28.5 Å². The zero-order valence-corrected chi connectivity index (χ0v) is 10.6. The van der Waals surface area contributed by atoms with Gasteiger partial charge in [0, 0.05) is 12.1 Å². The number of aliphatic hydroxyl groups excluding tert-OH is 1. The van der Waals surface area contributed by atoms with Gasteiger partial charge in [-0.15, -0.1) is 0 Å². The molecule has 7 heteroatoms. The van der Waals surface area contributed by atoms with Gasteiger partial charge >= 0.3 is 0 Å². The van der Waals surface area contributed by atoms with Crippen molar-refractivity contribution in [3.05, 3.63) is 56.5 Å². The summed E-state index contributed by atoms with van der Waals surface area (Å²) in [6.45, 7) is -0.246. The molecule has 0 bridgehead atoms. The summed E-state index contributed by atoms with van der Waals surface area (Å²) in [5.41, 5.74) is 0.622. The highest BCUT2D eigenvalue weighted by molar-refractivity contribution is 7.08. The molecule has 0 aliphatic heterocycles. The van der Waals surface area contributed by atoms with E-state index in [9.17, 15) is 19.6 Å². The molecule has 19 heavy (non-hydrogen) atoms. The molecule has 1 aromatic carbocycles. The number of nitro groups is 1. The summed E-state index contributed by atoms with van der Waals surface area (Å²) in [4.78, 5) is 10.3. The van der Waals surface area contributed by atoms with Crippen molar-refractivity contribution < 1.29 is 14.4 Å². The number of aliphatic hydroxyl groups is 1. The van der Waals surface area contributed by atoms with Crippen molar-refractivity contribution >= 4 is 22.7 Å². The molecule has 0 fully saturated rings. The first-order valence-electron chi connectivity index (χ1n) is 5.45. The molecule has 0 radical (unpaired) electrons. The molecular formula is C12H11FN2O3S. The number of hydrogen-bond donors (Lipinski definition) is 2. The molecular weight excluding hydrogens is 271 g/mol. The highest BCUT2D eigenvalue weighted by Gasteiger charge is 2.18. The van der Waals surface area contributed by atoms with Crippen molar-refractivity contribution in [3.8, 4) is 0 Å². The molecule has 0 aliphatic rings. The van der Waals surface area contributed by atoms with Gasteiger partial charge in [0.05, 0.1) is 17.6 Å². The largest absolute Gasteiger partial charge is 0.394 e. The second-order valence-corrected chi connectivity index (χ2v) is 4.63. The molecule has 0 saturated carbocycles. The lowest BCUT2D eigenvalue weighted by molar-refractivity contribution is -0.384. The Morgan fingerprint density at radius 1 is 1.47 bits per heavy atom. The van der Waals surface area contributed by atoms with Crippen LogP contribution in [0.25, 0.3) is 0 Å². The van der Waals surface area contributed by atoms with Crippen LogP contribution in [-0.4, -0.2) is 16.6 Å². The first-order valence-corrected chi connectivity index (χ1v) is 6.39. The van der Waals surface area contributed by atoms with E-state index in [1.54, 1.807) is 6.07 Å². The van der Waals surface area contributed by atoms with Gasteiger partial charge < -0.3 is 10.4 Å². The normalized spacial score (nSPS) is 12.1. The zero-order valence-electron chi connectivity index (χ0n) is 9.75. The average Bonchev–Trinajstić information content (AvgIpc) is 2.89. The van der Waals surface area contributed by atoms with Gasteiger partial charge in [0.1, 0.15) is 11.5 Å². The number of halogens is 1. The molecule has 1 aromatic heterocycles. The zero-order chi connectivity index (χ0) is 13.8. The Morgan fingerprint density at radius 3 is 2.84 bits per heavy atom. The number of benzene rings is 1. The molecule has 0 saturated heterocycles. The molecule has 1 unspecified atom stereocenters. The van der Waals surface area contributed by atoms with Crippen LogP contribution in [0.3, 0.4) is 0 Å². The number of rotatable bonds is 5. The Labute approximate surface area is 112 Å². The molecule has 1 atom stereocenters. The quantitative estimate of drug-likeness (QED) is 0.653. The van der Waals surface area contributed by atoms with E-state index in [4.69, 9.17) is 0 Å². The van der Waals surface area contributed by atoms with E-state index in [0.29, 0.717) is 0 Å². The Bertz CT molecular complexity index is 574. The minimum absolute atomic E-state index is 0.0512. The Hall–Kier alpha value is -1.99. The molecule has 2 N–H and O–H groups in total. The summed E-state index contributed by atoms with van der Waals surface area (Å²) in [6, 6.07) is 4.46. The van der Waals surface area contributed by atoms with Crippen molar-refractivity contribution in [3.63, 3.8) is 0 Å². The molecule has 5 nitrogen and oxygen atoms in total. The Balaban J connectivity index is 2.31. The standard InChI is InChI=1S/C12H11FN2O3S/c13-9-1-2-12(15(17)18)10(5-9)14-11(6-16)8-3-4-19-7-8/h1-5,7,11,14,16H,6H2. The molecule has 0 amide bonds.